The maximum absolute atomic E-state index is 11.5. The zero-order valence-electron chi connectivity index (χ0n) is 8.29. The van der Waals surface area contributed by atoms with Gasteiger partial charge in [-0.05, 0) is 18.9 Å². The van der Waals surface area contributed by atoms with Crippen LogP contribution in [0.25, 0.3) is 0 Å². The lowest BCUT2D eigenvalue weighted by Crippen LogP contribution is -2.20. The maximum atomic E-state index is 11.5. The highest BCUT2D eigenvalue weighted by molar-refractivity contribution is 6.33. The van der Waals surface area contributed by atoms with Crippen LogP contribution in [-0.2, 0) is 0 Å². The second kappa shape index (κ2) is 4.06. The topological polar surface area (TPSA) is 51.2 Å². The van der Waals surface area contributed by atoms with Gasteiger partial charge in [0.2, 0.25) is 0 Å². The summed E-state index contributed by atoms with van der Waals surface area (Å²) in [5.41, 5.74) is 0.313. The van der Waals surface area contributed by atoms with Crippen molar-refractivity contribution in [1.82, 2.24) is 10.3 Å². The molecule has 0 aliphatic heterocycles. The van der Waals surface area contributed by atoms with Gasteiger partial charge in [-0.1, -0.05) is 11.6 Å². The third kappa shape index (κ3) is 2.21. The van der Waals surface area contributed by atoms with Crippen molar-refractivity contribution in [2.24, 2.45) is 0 Å². The van der Waals surface area contributed by atoms with Crippen LogP contribution < -0.4 is 10.1 Å². The van der Waals surface area contributed by atoms with Gasteiger partial charge in [-0.2, -0.15) is 0 Å². The molecule has 0 aromatic carbocycles. The van der Waals surface area contributed by atoms with Gasteiger partial charge in [0, 0.05) is 13.2 Å². The van der Waals surface area contributed by atoms with Crippen molar-refractivity contribution in [1.29, 1.82) is 0 Å². The van der Waals surface area contributed by atoms with Crippen molar-refractivity contribution in [2.45, 2.75) is 18.9 Å². The van der Waals surface area contributed by atoms with Gasteiger partial charge in [0.15, 0.2) is 0 Å². The van der Waals surface area contributed by atoms with Crippen LogP contribution in [0.4, 0.5) is 0 Å². The van der Waals surface area contributed by atoms with Gasteiger partial charge in [0.25, 0.3) is 5.91 Å². The lowest BCUT2D eigenvalue weighted by Gasteiger charge is -2.10. The van der Waals surface area contributed by atoms with E-state index in [0.29, 0.717) is 11.3 Å². The minimum absolute atomic E-state index is 0.174. The van der Waals surface area contributed by atoms with Crippen LogP contribution in [0.3, 0.4) is 0 Å². The number of amides is 1. The van der Waals surface area contributed by atoms with E-state index >= 15 is 0 Å². The Hall–Kier alpha value is -1.29. The number of ether oxygens (including phenoxy) is 1. The van der Waals surface area contributed by atoms with Gasteiger partial charge >= 0.3 is 0 Å². The third-order valence-corrected chi connectivity index (χ3v) is 2.43. The molecule has 0 radical (unpaired) electrons. The Labute approximate surface area is 92.6 Å². The number of nitrogens with zero attached hydrogens (tertiary/aromatic N) is 1. The molecule has 2 rings (SSSR count). The molecule has 5 heteroatoms. The van der Waals surface area contributed by atoms with Crippen LogP contribution in [0.15, 0.2) is 12.3 Å². The molecule has 1 aliphatic rings. The number of hydrogen-bond acceptors (Lipinski definition) is 3. The molecule has 0 spiro atoms. The molecule has 4 nitrogen and oxygen atoms in total. The monoisotopic (exact) mass is 226 g/mol. The normalized spacial score (nSPS) is 14.8. The molecule has 1 aromatic rings. The molecular weight excluding hydrogens is 216 g/mol. The van der Waals surface area contributed by atoms with E-state index in [9.17, 15) is 4.79 Å². The van der Waals surface area contributed by atoms with Gasteiger partial charge in [-0.3, -0.25) is 4.79 Å². The molecule has 80 valence electrons. The highest BCUT2D eigenvalue weighted by atomic mass is 35.5. The molecule has 1 N–H and O–H groups in total. The second-order valence-electron chi connectivity index (χ2n) is 3.37. The predicted octanol–water partition coefficient (Wildman–Crippen LogP) is 1.64. The van der Waals surface area contributed by atoms with Gasteiger partial charge in [-0.15, -0.1) is 0 Å². The van der Waals surface area contributed by atoms with Crippen LogP contribution in [0, 0.1) is 0 Å². The van der Waals surface area contributed by atoms with Gasteiger partial charge in [0.1, 0.15) is 16.5 Å². The predicted molar refractivity (Wildman–Crippen MR) is 56.3 cm³/mol. The number of pyridine rings is 1. The first-order valence-corrected chi connectivity index (χ1v) is 5.13. The molecule has 1 heterocycles. The van der Waals surface area contributed by atoms with Crippen LogP contribution >= 0.6 is 11.6 Å². The summed E-state index contributed by atoms with van der Waals surface area (Å²) in [4.78, 5) is 15.4. The van der Waals surface area contributed by atoms with E-state index in [1.54, 1.807) is 13.1 Å². The van der Waals surface area contributed by atoms with Gasteiger partial charge in [-0.25, -0.2) is 4.98 Å². The molecule has 1 saturated carbocycles. The molecule has 15 heavy (non-hydrogen) atoms. The van der Waals surface area contributed by atoms with E-state index in [1.807, 2.05) is 0 Å². The minimum Gasteiger partial charge on any atom is -0.489 e. The van der Waals surface area contributed by atoms with Crippen molar-refractivity contribution in [3.05, 3.63) is 23.0 Å². The minimum atomic E-state index is -0.274. The van der Waals surface area contributed by atoms with E-state index < -0.39 is 0 Å². The molecule has 0 atom stereocenters. The standard InChI is InChI=1S/C10H11ClN2O2/c1-12-10(14)8-7(15-6-2-3-6)4-5-13-9(8)11/h4-6H,2-3H2,1H3,(H,12,14). The Morgan fingerprint density at radius 3 is 3.00 bits per heavy atom. The summed E-state index contributed by atoms with van der Waals surface area (Å²) >= 11 is 5.85. The van der Waals surface area contributed by atoms with Crippen molar-refractivity contribution < 1.29 is 9.53 Å². The third-order valence-electron chi connectivity index (χ3n) is 2.14. The smallest absolute Gasteiger partial charge is 0.257 e. The summed E-state index contributed by atoms with van der Waals surface area (Å²) < 4.78 is 5.57. The van der Waals surface area contributed by atoms with E-state index in [2.05, 4.69) is 10.3 Å². The lowest BCUT2D eigenvalue weighted by molar-refractivity contribution is 0.0958. The van der Waals surface area contributed by atoms with Crippen LogP contribution in [-0.4, -0.2) is 24.0 Å². The van der Waals surface area contributed by atoms with Crippen molar-refractivity contribution in [2.75, 3.05) is 7.05 Å². The lowest BCUT2D eigenvalue weighted by atomic mass is 10.2. The Kier molecular flexibility index (Phi) is 2.77. The summed E-state index contributed by atoms with van der Waals surface area (Å²) in [6.45, 7) is 0. The van der Waals surface area contributed by atoms with E-state index in [4.69, 9.17) is 16.3 Å². The van der Waals surface area contributed by atoms with Crippen molar-refractivity contribution in [3.63, 3.8) is 0 Å². The largest absolute Gasteiger partial charge is 0.489 e. The molecule has 1 amide bonds. The molecule has 0 unspecified atom stereocenters. The zero-order valence-corrected chi connectivity index (χ0v) is 9.04. The number of nitrogens with one attached hydrogen (secondary N) is 1. The van der Waals surface area contributed by atoms with Crippen LogP contribution in [0.1, 0.15) is 23.2 Å². The number of rotatable bonds is 3. The Balaban J connectivity index is 2.33. The molecule has 0 saturated heterocycles. The fraction of sp³-hybridized carbons (Fsp3) is 0.400. The van der Waals surface area contributed by atoms with Gasteiger partial charge < -0.3 is 10.1 Å². The first-order chi connectivity index (χ1) is 7.22. The van der Waals surface area contributed by atoms with Gasteiger partial charge in [0.05, 0.1) is 6.10 Å². The zero-order chi connectivity index (χ0) is 10.8. The Morgan fingerprint density at radius 1 is 1.67 bits per heavy atom. The number of carbonyl (C=O) groups is 1. The van der Waals surface area contributed by atoms with Crippen LogP contribution in [0.5, 0.6) is 5.75 Å². The molecule has 1 fully saturated rings. The van der Waals surface area contributed by atoms with Crippen LogP contribution in [0.2, 0.25) is 5.15 Å². The van der Waals surface area contributed by atoms with Crippen molar-refractivity contribution in [3.8, 4) is 5.75 Å². The average Bonchev–Trinajstić information content (AvgIpc) is 3.01. The summed E-state index contributed by atoms with van der Waals surface area (Å²) in [6.07, 6.45) is 3.83. The molecule has 1 aromatic heterocycles. The number of carbonyl (C=O) groups excluding carboxylic acids is 1. The summed E-state index contributed by atoms with van der Waals surface area (Å²) in [7, 11) is 1.55. The Bertz CT molecular complexity index is 391. The molecule has 0 bridgehead atoms. The molecule has 1 aliphatic carbocycles. The van der Waals surface area contributed by atoms with E-state index in [-0.39, 0.29) is 17.2 Å². The fourth-order valence-electron chi connectivity index (χ4n) is 1.21. The first kappa shape index (κ1) is 10.2. The Morgan fingerprint density at radius 2 is 2.40 bits per heavy atom. The average molecular weight is 227 g/mol. The quantitative estimate of drug-likeness (QED) is 0.798. The molecular formula is C10H11ClN2O2. The summed E-state index contributed by atoms with van der Waals surface area (Å²) in [6, 6.07) is 1.66. The highest BCUT2D eigenvalue weighted by Crippen LogP contribution is 2.31. The van der Waals surface area contributed by atoms with E-state index in [1.165, 1.54) is 6.20 Å². The summed E-state index contributed by atoms with van der Waals surface area (Å²) in [5.74, 6) is 0.237. The van der Waals surface area contributed by atoms with Crippen molar-refractivity contribution >= 4 is 17.5 Å². The summed E-state index contributed by atoms with van der Waals surface area (Å²) in [5, 5.41) is 2.69. The highest BCUT2D eigenvalue weighted by Gasteiger charge is 2.26. The number of halogens is 1. The fourth-order valence-corrected chi connectivity index (χ4v) is 1.45. The second-order valence-corrected chi connectivity index (χ2v) is 3.73. The first-order valence-electron chi connectivity index (χ1n) is 4.75. The van der Waals surface area contributed by atoms with E-state index in [0.717, 1.165) is 12.8 Å². The SMILES string of the molecule is CNC(=O)c1c(OC2CC2)ccnc1Cl. The number of hydrogen-bond donors (Lipinski definition) is 1. The number of aromatic nitrogens is 1. The maximum Gasteiger partial charge on any atom is 0.257 e.